The lowest BCUT2D eigenvalue weighted by Crippen LogP contribution is -2.14. The summed E-state index contributed by atoms with van der Waals surface area (Å²) < 4.78 is 0. The molecular formula is C25H19ClN2O2S2. The molecule has 0 fully saturated rings. The van der Waals surface area contributed by atoms with E-state index in [1.54, 1.807) is 23.9 Å². The summed E-state index contributed by atoms with van der Waals surface area (Å²) in [6, 6.07) is 27.7. The van der Waals surface area contributed by atoms with Crippen LogP contribution in [0, 0.1) is 0 Å². The fraction of sp³-hybridized carbons (Fsp3) is 0.0800. The highest BCUT2D eigenvalue weighted by molar-refractivity contribution is 8.00. The van der Waals surface area contributed by atoms with Crippen LogP contribution >= 0.6 is 35.1 Å². The highest BCUT2D eigenvalue weighted by atomic mass is 35.5. The fourth-order valence-electron chi connectivity index (χ4n) is 3.07. The molecule has 0 bridgehead atoms. The molecule has 1 aromatic heterocycles. The number of Topliss-reactive ketones (excluding diaryl/α,β-unsaturated/α-hetero) is 1. The number of nitrogens with one attached hydrogen (secondary N) is 1. The number of thioether (sulfide) groups is 2. The Kier molecular flexibility index (Phi) is 7.47. The minimum atomic E-state index is -0.527. The lowest BCUT2D eigenvalue weighted by molar-refractivity contribution is 0.0989. The molecule has 0 radical (unpaired) electrons. The molecule has 0 unspecified atom stereocenters. The molecule has 1 atom stereocenters. The number of aromatic amines is 1. The first kappa shape index (κ1) is 22.4. The van der Waals surface area contributed by atoms with Crippen LogP contribution in [0.25, 0.3) is 0 Å². The van der Waals surface area contributed by atoms with Crippen LogP contribution in [0.15, 0.2) is 106 Å². The van der Waals surface area contributed by atoms with E-state index in [0.29, 0.717) is 27.2 Å². The van der Waals surface area contributed by atoms with Gasteiger partial charge < -0.3 is 4.98 Å². The van der Waals surface area contributed by atoms with Crippen molar-refractivity contribution in [1.82, 2.24) is 9.97 Å². The van der Waals surface area contributed by atoms with Crippen molar-refractivity contribution in [2.24, 2.45) is 0 Å². The molecule has 0 amide bonds. The summed E-state index contributed by atoms with van der Waals surface area (Å²) in [4.78, 5) is 34.0. The average molecular weight is 479 g/mol. The van der Waals surface area contributed by atoms with E-state index in [1.165, 1.54) is 17.8 Å². The van der Waals surface area contributed by atoms with E-state index in [-0.39, 0.29) is 11.3 Å². The molecule has 0 saturated carbocycles. The molecule has 0 aliphatic carbocycles. The molecule has 1 heterocycles. The number of aromatic nitrogens is 2. The van der Waals surface area contributed by atoms with Crippen LogP contribution < -0.4 is 5.56 Å². The number of nitrogens with zero attached hydrogens (tertiary/aromatic N) is 1. The molecule has 0 spiro atoms. The third-order valence-electron chi connectivity index (χ3n) is 4.60. The van der Waals surface area contributed by atoms with Crippen LogP contribution in [-0.2, 0) is 5.75 Å². The van der Waals surface area contributed by atoms with E-state index in [4.69, 9.17) is 11.6 Å². The van der Waals surface area contributed by atoms with Crippen LogP contribution in [0.4, 0.5) is 0 Å². The summed E-state index contributed by atoms with van der Waals surface area (Å²) in [5.41, 5.74) is 1.88. The largest absolute Gasteiger partial charge is 0.301 e. The first-order valence-electron chi connectivity index (χ1n) is 9.88. The Morgan fingerprint density at radius 3 is 2.28 bits per heavy atom. The predicted molar refractivity (Wildman–Crippen MR) is 132 cm³/mol. The van der Waals surface area contributed by atoms with Crippen molar-refractivity contribution in [1.29, 1.82) is 0 Å². The Balaban J connectivity index is 1.58. The second-order valence-electron chi connectivity index (χ2n) is 6.92. The topological polar surface area (TPSA) is 62.8 Å². The zero-order chi connectivity index (χ0) is 22.3. The molecule has 4 aromatic rings. The minimum Gasteiger partial charge on any atom is -0.301 e. The van der Waals surface area contributed by atoms with Gasteiger partial charge in [0.15, 0.2) is 10.9 Å². The van der Waals surface area contributed by atoms with E-state index < -0.39 is 5.25 Å². The van der Waals surface area contributed by atoms with E-state index in [2.05, 4.69) is 9.97 Å². The van der Waals surface area contributed by atoms with Gasteiger partial charge in [-0.05, 0) is 29.8 Å². The predicted octanol–water partition coefficient (Wildman–Crippen LogP) is 6.43. The van der Waals surface area contributed by atoms with E-state index >= 15 is 0 Å². The monoisotopic (exact) mass is 478 g/mol. The highest BCUT2D eigenvalue weighted by Crippen LogP contribution is 2.36. The Labute approximate surface area is 199 Å². The van der Waals surface area contributed by atoms with Crippen LogP contribution in [0.1, 0.15) is 26.9 Å². The lowest BCUT2D eigenvalue weighted by atomic mass is 10.0. The standard InChI is InChI=1S/C25H19ClN2O2S2/c26-19-11-13-21(14-12-19)31-16-20-15-22(29)28-25(27-20)32-24(18-9-5-2-6-10-18)23(30)17-7-3-1-4-8-17/h1-15,24H,16H2,(H,27,28,29)/t24-/m0/s1. The van der Waals surface area contributed by atoms with Gasteiger partial charge in [-0.3, -0.25) is 9.59 Å². The molecule has 7 heteroatoms. The van der Waals surface area contributed by atoms with Crippen LogP contribution in [0.3, 0.4) is 0 Å². The van der Waals surface area contributed by atoms with Gasteiger partial charge in [0.2, 0.25) is 0 Å². The normalized spacial score (nSPS) is 11.8. The Bertz CT molecular complexity index is 1250. The number of ketones is 1. The molecule has 3 aromatic carbocycles. The summed E-state index contributed by atoms with van der Waals surface area (Å²) in [5, 5.41) is 0.570. The van der Waals surface area contributed by atoms with Gasteiger partial charge >= 0.3 is 0 Å². The van der Waals surface area contributed by atoms with Crippen molar-refractivity contribution >= 4 is 40.9 Å². The Morgan fingerprint density at radius 2 is 1.59 bits per heavy atom. The molecule has 0 aliphatic heterocycles. The number of benzene rings is 3. The number of carbonyl (C=O) groups is 1. The maximum absolute atomic E-state index is 13.3. The van der Waals surface area contributed by atoms with Gasteiger partial charge in [-0.25, -0.2) is 4.98 Å². The van der Waals surface area contributed by atoms with Gasteiger partial charge in [0, 0.05) is 27.3 Å². The molecule has 0 aliphatic rings. The summed E-state index contributed by atoms with van der Waals surface area (Å²) in [6.45, 7) is 0. The van der Waals surface area contributed by atoms with Gasteiger partial charge in [-0.1, -0.05) is 84.0 Å². The van der Waals surface area contributed by atoms with Gasteiger partial charge in [0.25, 0.3) is 5.56 Å². The molecule has 1 N–H and O–H groups in total. The summed E-state index contributed by atoms with van der Waals surface area (Å²) in [5.74, 6) is 0.493. The SMILES string of the molecule is O=C(c1ccccc1)[C@@H](Sc1nc(CSc2ccc(Cl)cc2)cc(=O)[nH]1)c1ccccc1. The number of hydrogen-bond donors (Lipinski definition) is 1. The first-order valence-corrected chi connectivity index (χ1v) is 12.1. The second kappa shape index (κ2) is 10.7. The Hall–Kier alpha value is -2.80. The van der Waals surface area contributed by atoms with Crippen molar-refractivity contribution in [3.63, 3.8) is 0 Å². The van der Waals surface area contributed by atoms with E-state index in [0.717, 1.165) is 10.5 Å². The zero-order valence-corrected chi connectivity index (χ0v) is 19.3. The van der Waals surface area contributed by atoms with E-state index in [9.17, 15) is 9.59 Å². The zero-order valence-electron chi connectivity index (χ0n) is 16.9. The number of halogens is 1. The van der Waals surface area contributed by atoms with Crippen molar-refractivity contribution in [2.75, 3.05) is 0 Å². The second-order valence-corrected chi connectivity index (χ2v) is 9.50. The van der Waals surface area contributed by atoms with Crippen LogP contribution in [0.5, 0.6) is 0 Å². The van der Waals surface area contributed by atoms with Crippen molar-refractivity contribution < 1.29 is 4.79 Å². The summed E-state index contributed by atoms with van der Waals surface area (Å²) in [7, 11) is 0. The number of rotatable bonds is 8. The minimum absolute atomic E-state index is 0.0367. The molecule has 4 rings (SSSR count). The van der Waals surface area contributed by atoms with Crippen molar-refractivity contribution in [3.05, 3.63) is 123 Å². The number of carbonyl (C=O) groups excluding carboxylic acids is 1. The number of hydrogen-bond acceptors (Lipinski definition) is 5. The molecule has 160 valence electrons. The lowest BCUT2D eigenvalue weighted by Gasteiger charge is -2.16. The summed E-state index contributed by atoms with van der Waals surface area (Å²) in [6.07, 6.45) is 0. The molecular weight excluding hydrogens is 460 g/mol. The smallest absolute Gasteiger partial charge is 0.251 e. The van der Waals surface area contributed by atoms with Gasteiger partial charge in [0.05, 0.1) is 5.69 Å². The van der Waals surface area contributed by atoms with Gasteiger partial charge in [-0.2, -0.15) is 0 Å². The van der Waals surface area contributed by atoms with Crippen molar-refractivity contribution in [3.8, 4) is 0 Å². The maximum Gasteiger partial charge on any atom is 0.251 e. The van der Waals surface area contributed by atoms with Crippen LogP contribution in [0.2, 0.25) is 5.02 Å². The third kappa shape index (κ3) is 5.91. The fourth-order valence-corrected chi connectivity index (χ4v) is 5.07. The quantitative estimate of drug-likeness (QED) is 0.179. The highest BCUT2D eigenvalue weighted by Gasteiger charge is 2.24. The summed E-state index contributed by atoms with van der Waals surface area (Å²) >= 11 is 8.76. The maximum atomic E-state index is 13.3. The first-order chi connectivity index (χ1) is 15.6. The molecule has 4 nitrogen and oxygen atoms in total. The molecule has 32 heavy (non-hydrogen) atoms. The number of H-pyrrole nitrogens is 1. The third-order valence-corrected chi connectivity index (χ3v) is 7.04. The van der Waals surface area contributed by atoms with Crippen molar-refractivity contribution in [2.45, 2.75) is 21.1 Å². The van der Waals surface area contributed by atoms with Crippen LogP contribution in [-0.4, -0.2) is 15.8 Å². The molecule has 0 saturated heterocycles. The average Bonchev–Trinajstić information content (AvgIpc) is 2.82. The van der Waals surface area contributed by atoms with Gasteiger partial charge in [0.1, 0.15) is 5.25 Å². The van der Waals surface area contributed by atoms with Gasteiger partial charge in [-0.15, -0.1) is 11.8 Å². The Morgan fingerprint density at radius 1 is 0.938 bits per heavy atom. The van der Waals surface area contributed by atoms with E-state index in [1.807, 2.05) is 72.8 Å².